The van der Waals surface area contributed by atoms with Gasteiger partial charge in [-0.3, -0.25) is 4.79 Å². The van der Waals surface area contributed by atoms with Gasteiger partial charge in [-0.2, -0.15) is 0 Å². The quantitative estimate of drug-likeness (QED) is 0.778. The third-order valence-corrected chi connectivity index (χ3v) is 3.09. The molecule has 0 aromatic heterocycles. The number of methoxy groups -OCH3 is 1. The fourth-order valence-corrected chi connectivity index (χ4v) is 2.14. The fourth-order valence-electron chi connectivity index (χ4n) is 1.81. The second kappa shape index (κ2) is 7.09. The number of ether oxygens (including phenoxy) is 1. The molecule has 104 valence electrons. The maximum absolute atomic E-state index is 12.0. The van der Waals surface area contributed by atoms with E-state index in [2.05, 4.69) is 5.32 Å². The van der Waals surface area contributed by atoms with E-state index in [4.69, 9.17) is 22.7 Å². The van der Waals surface area contributed by atoms with E-state index < -0.39 is 0 Å². The molecular weight excluding hydrogens is 260 g/mol. The molecule has 0 bridgehead atoms. The third kappa shape index (κ3) is 4.52. The zero-order valence-electron chi connectivity index (χ0n) is 11.5. The highest BCUT2D eigenvalue weighted by Gasteiger charge is 2.19. The molecule has 1 atom stereocenters. The van der Waals surface area contributed by atoms with E-state index in [9.17, 15) is 4.79 Å². The number of nitrogens with one attached hydrogen (secondary N) is 1. The molecule has 0 saturated carbocycles. The van der Waals surface area contributed by atoms with Crippen LogP contribution in [0.25, 0.3) is 0 Å². The van der Waals surface area contributed by atoms with Crippen molar-refractivity contribution in [2.75, 3.05) is 7.11 Å². The Hall–Kier alpha value is -1.62. The van der Waals surface area contributed by atoms with Crippen molar-refractivity contribution >= 4 is 23.1 Å². The monoisotopic (exact) mass is 280 g/mol. The molecule has 3 N–H and O–H groups in total. The van der Waals surface area contributed by atoms with Crippen LogP contribution in [-0.2, 0) is 11.2 Å². The van der Waals surface area contributed by atoms with Crippen molar-refractivity contribution in [3.8, 4) is 5.75 Å². The second-order valence-electron chi connectivity index (χ2n) is 4.68. The Morgan fingerprint density at radius 2 is 2.05 bits per heavy atom. The van der Waals surface area contributed by atoms with Crippen molar-refractivity contribution in [2.24, 2.45) is 11.7 Å². The molecule has 1 rings (SSSR count). The Morgan fingerprint density at radius 1 is 1.42 bits per heavy atom. The van der Waals surface area contributed by atoms with Crippen LogP contribution in [0, 0.1) is 5.92 Å². The molecule has 0 fully saturated rings. The van der Waals surface area contributed by atoms with Crippen LogP contribution in [-0.4, -0.2) is 24.0 Å². The highest BCUT2D eigenvalue weighted by atomic mass is 32.1. The van der Waals surface area contributed by atoms with Crippen LogP contribution in [0.2, 0.25) is 0 Å². The Bertz CT molecular complexity index is 461. The summed E-state index contributed by atoms with van der Waals surface area (Å²) in [6.45, 7) is 3.93. The number of thiocarbonyl (C=S) groups is 1. The number of rotatable bonds is 6. The van der Waals surface area contributed by atoms with Crippen LogP contribution in [0.4, 0.5) is 0 Å². The molecule has 1 unspecified atom stereocenters. The van der Waals surface area contributed by atoms with Gasteiger partial charge in [-0.25, -0.2) is 0 Å². The third-order valence-electron chi connectivity index (χ3n) is 2.83. The van der Waals surface area contributed by atoms with Crippen molar-refractivity contribution in [3.63, 3.8) is 0 Å². The van der Waals surface area contributed by atoms with E-state index in [0.29, 0.717) is 10.7 Å². The maximum atomic E-state index is 12.0. The van der Waals surface area contributed by atoms with Crippen molar-refractivity contribution in [2.45, 2.75) is 26.3 Å². The van der Waals surface area contributed by atoms with E-state index in [0.717, 1.165) is 5.56 Å². The van der Waals surface area contributed by atoms with Crippen molar-refractivity contribution in [1.82, 2.24) is 5.32 Å². The lowest BCUT2D eigenvalue weighted by molar-refractivity contribution is -0.121. The summed E-state index contributed by atoms with van der Waals surface area (Å²) in [5.74, 6) is 0.754. The SMILES string of the molecule is COc1ccccc1CC(=O)NC(C(N)=S)C(C)C. The van der Waals surface area contributed by atoms with Crippen LogP contribution >= 0.6 is 12.2 Å². The summed E-state index contributed by atoms with van der Waals surface area (Å²) in [5, 5.41) is 2.85. The molecule has 5 heteroatoms. The predicted molar refractivity (Wildman–Crippen MR) is 80.3 cm³/mol. The normalized spacial score (nSPS) is 12.0. The molecule has 19 heavy (non-hydrogen) atoms. The van der Waals surface area contributed by atoms with Gasteiger partial charge >= 0.3 is 0 Å². The molecule has 4 nitrogen and oxygen atoms in total. The number of benzene rings is 1. The van der Waals surface area contributed by atoms with Crippen molar-refractivity contribution in [3.05, 3.63) is 29.8 Å². The Morgan fingerprint density at radius 3 is 2.58 bits per heavy atom. The lowest BCUT2D eigenvalue weighted by Gasteiger charge is -2.21. The first kappa shape index (κ1) is 15.4. The van der Waals surface area contributed by atoms with E-state index in [-0.39, 0.29) is 24.3 Å². The number of nitrogens with two attached hydrogens (primary N) is 1. The van der Waals surface area contributed by atoms with Gasteiger partial charge in [-0.1, -0.05) is 44.3 Å². The lowest BCUT2D eigenvalue weighted by atomic mass is 10.0. The zero-order chi connectivity index (χ0) is 14.4. The van der Waals surface area contributed by atoms with Gasteiger partial charge in [-0.15, -0.1) is 0 Å². The van der Waals surface area contributed by atoms with Gasteiger partial charge in [0.05, 0.1) is 24.6 Å². The van der Waals surface area contributed by atoms with Gasteiger partial charge in [0.25, 0.3) is 0 Å². The summed E-state index contributed by atoms with van der Waals surface area (Å²) in [6, 6.07) is 7.15. The first-order valence-electron chi connectivity index (χ1n) is 6.16. The number of amides is 1. The highest BCUT2D eigenvalue weighted by Crippen LogP contribution is 2.17. The van der Waals surface area contributed by atoms with E-state index in [1.54, 1.807) is 7.11 Å². The van der Waals surface area contributed by atoms with Gasteiger partial charge in [0, 0.05) is 5.56 Å². The van der Waals surface area contributed by atoms with Crippen molar-refractivity contribution in [1.29, 1.82) is 0 Å². The summed E-state index contributed by atoms with van der Waals surface area (Å²) in [4.78, 5) is 12.3. The maximum Gasteiger partial charge on any atom is 0.225 e. The summed E-state index contributed by atoms with van der Waals surface area (Å²) >= 11 is 4.96. The predicted octanol–water partition coefficient (Wildman–Crippen LogP) is 1.66. The summed E-state index contributed by atoms with van der Waals surface area (Å²) < 4.78 is 5.22. The topological polar surface area (TPSA) is 64.3 Å². The molecule has 0 radical (unpaired) electrons. The number of hydrogen-bond donors (Lipinski definition) is 2. The summed E-state index contributed by atoms with van der Waals surface area (Å²) in [6.07, 6.45) is 0.246. The largest absolute Gasteiger partial charge is 0.496 e. The van der Waals surface area contributed by atoms with Gasteiger partial charge in [-0.05, 0) is 12.0 Å². The van der Waals surface area contributed by atoms with Gasteiger partial charge in [0.1, 0.15) is 5.75 Å². The van der Waals surface area contributed by atoms with E-state index >= 15 is 0 Å². The standard InChI is InChI=1S/C14H20N2O2S/c1-9(2)13(14(15)19)16-12(17)8-10-6-4-5-7-11(10)18-3/h4-7,9,13H,8H2,1-3H3,(H2,15,19)(H,16,17). The molecule has 0 aliphatic heterocycles. The Kier molecular flexibility index (Phi) is 5.76. The van der Waals surface area contributed by atoms with Crippen LogP contribution in [0.15, 0.2) is 24.3 Å². The van der Waals surface area contributed by atoms with Gasteiger partial charge in [0.2, 0.25) is 5.91 Å². The summed E-state index contributed by atoms with van der Waals surface area (Å²) in [5.41, 5.74) is 6.47. The molecular formula is C14H20N2O2S. The molecule has 0 saturated heterocycles. The van der Waals surface area contributed by atoms with E-state index in [1.165, 1.54) is 0 Å². The van der Waals surface area contributed by atoms with Gasteiger partial charge in [0.15, 0.2) is 0 Å². The highest BCUT2D eigenvalue weighted by molar-refractivity contribution is 7.80. The van der Waals surface area contributed by atoms with Crippen molar-refractivity contribution < 1.29 is 9.53 Å². The Labute approximate surface area is 119 Å². The number of carbonyl (C=O) groups is 1. The zero-order valence-corrected chi connectivity index (χ0v) is 12.3. The molecule has 1 amide bonds. The van der Waals surface area contributed by atoms with Gasteiger partial charge < -0.3 is 15.8 Å². The van der Waals surface area contributed by atoms with E-state index in [1.807, 2.05) is 38.1 Å². The summed E-state index contributed by atoms with van der Waals surface area (Å²) in [7, 11) is 1.59. The second-order valence-corrected chi connectivity index (χ2v) is 5.15. The molecule has 0 spiro atoms. The van der Waals surface area contributed by atoms with Crippen LogP contribution in [0.5, 0.6) is 5.75 Å². The minimum atomic E-state index is -0.280. The first-order chi connectivity index (χ1) is 8.95. The molecule has 0 heterocycles. The molecule has 0 aliphatic carbocycles. The molecule has 1 aromatic rings. The number of hydrogen-bond acceptors (Lipinski definition) is 3. The lowest BCUT2D eigenvalue weighted by Crippen LogP contribution is -2.47. The first-order valence-corrected chi connectivity index (χ1v) is 6.57. The average molecular weight is 280 g/mol. The number of carbonyl (C=O) groups excluding carboxylic acids is 1. The minimum absolute atomic E-state index is 0.115. The Balaban J connectivity index is 2.72. The van der Waals surface area contributed by atoms with Crippen LogP contribution in [0.3, 0.4) is 0 Å². The molecule has 0 aliphatic rings. The van der Waals surface area contributed by atoms with Crippen LogP contribution < -0.4 is 15.8 Å². The average Bonchev–Trinajstić information content (AvgIpc) is 2.36. The smallest absolute Gasteiger partial charge is 0.225 e. The van der Waals surface area contributed by atoms with Crippen LogP contribution in [0.1, 0.15) is 19.4 Å². The fraction of sp³-hybridized carbons (Fsp3) is 0.429. The molecule has 1 aromatic carbocycles. The minimum Gasteiger partial charge on any atom is -0.496 e. The number of para-hydroxylation sites is 1.